The minimum Gasteiger partial charge on any atom is -0.439 e. The van der Waals surface area contributed by atoms with E-state index in [1.165, 1.54) is 0 Å². The van der Waals surface area contributed by atoms with Gasteiger partial charge in [-0.05, 0) is 43.2 Å². The van der Waals surface area contributed by atoms with Crippen LogP contribution in [-0.4, -0.2) is 4.98 Å². The first-order valence-corrected chi connectivity index (χ1v) is 6.51. The molecule has 1 aromatic heterocycles. The van der Waals surface area contributed by atoms with Crippen molar-refractivity contribution in [3.8, 4) is 11.6 Å². The standard InChI is InChI=1S/C14H15BrN2O/c1-9-7-12(4-5-13(9)15)18-14-6-3-11(8-17-14)10(2)16/h3-8,10H,16H2,1-2H3. The third-order valence-corrected chi connectivity index (χ3v) is 3.53. The molecule has 1 unspecified atom stereocenters. The number of halogens is 1. The van der Waals surface area contributed by atoms with Gasteiger partial charge in [0.15, 0.2) is 0 Å². The molecule has 94 valence electrons. The molecule has 0 amide bonds. The maximum absolute atomic E-state index is 5.77. The van der Waals surface area contributed by atoms with Gasteiger partial charge in [0, 0.05) is 22.8 Å². The summed E-state index contributed by atoms with van der Waals surface area (Å²) in [5, 5.41) is 0. The van der Waals surface area contributed by atoms with Gasteiger partial charge in [-0.3, -0.25) is 0 Å². The second kappa shape index (κ2) is 5.50. The first kappa shape index (κ1) is 13.1. The summed E-state index contributed by atoms with van der Waals surface area (Å²) in [7, 11) is 0. The van der Waals surface area contributed by atoms with Crippen molar-refractivity contribution >= 4 is 15.9 Å². The molecule has 0 spiro atoms. The molecule has 2 rings (SSSR count). The number of hydrogen-bond donors (Lipinski definition) is 1. The van der Waals surface area contributed by atoms with Crippen molar-refractivity contribution in [1.82, 2.24) is 4.98 Å². The van der Waals surface area contributed by atoms with Crippen molar-refractivity contribution in [3.63, 3.8) is 0 Å². The average Bonchev–Trinajstić information content (AvgIpc) is 2.34. The predicted octanol–water partition coefficient (Wildman–Crippen LogP) is 3.96. The Morgan fingerprint density at radius 2 is 2.06 bits per heavy atom. The molecule has 0 saturated heterocycles. The van der Waals surface area contributed by atoms with E-state index in [-0.39, 0.29) is 6.04 Å². The Kier molecular flexibility index (Phi) is 3.99. The van der Waals surface area contributed by atoms with Gasteiger partial charge in [0.1, 0.15) is 5.75 Å². The summed E-state index contributed by atoms with van der Waals surface area (Å²) in [6, 6.07) is 9.57. The van der Waals surface area contributed by atoms with E-state index in [1.54, 1.807) is 6.20 Å². The van der Waals surface area contributed by atoms with Crippen molar-refractivity contribution in [2.45, 2.75) is 19.9 Å². The fourth-order valence-electron chi connectivity index (χ4n) is 1.52. The smallest absolute Gasteiger partial charge is 0.219 e. The molecule has 0 aliphatic rings. The van der Waals surface area contributed by atoms with E-state index in [0.29, 0.717) is 5.88 Å². The number of ether oxygens (including phenoxy) is 1. The SMILES string of the molecule is Cc1cc(Oc2ccc(C(C)N)cn2)ccc1Br. The number of rotatable bonds is 3. The van der Waals surface area contributed by atoms with Crippen LogP contribution in [-0.2, 0) is 0 Å². The van der Waals surface area contributed by atoms with Gasteiger partial charge in [-0.2, -0.15) is 0 Å². The highest BCUT2D eigenvalue weighted by Gasteiger charge is 2.03. The number of aryl methyl sites for hydroxylation is 1. The van der Waals surface area contributed by atoms with Crippen LogP contribution in [0.4, 0.5) is 0 Å². The van der Waals surface area contributed by atoms with Crippen LogP contribution in [0.3, 0.4) is 0 Å². The van der Waals surface area contributed by atoms with Crippen LogP contribution in [0.1, 0.15) is 24.1 Å². The highest BCUT2D eigenvalue weighted by Crippen LogP contribution is 2.25. The predicted molar refractivity (Wildman–Crippen MR) is 75.8 cm³/mol. The van der Waals surface area contributed by atoms with Crippen molar-refractivity contribution in [2.75, 3.05) is 0 Å². The zero-order valence-corrected chi connectivity index (χ0v) is 11.9. The van der Waals surface area contributed by atoms with Gasteiger partial charge in [-0.1, -0.05) is 22.0 Å². The molecule has 1 atom stereocenters. The topological polar surface area (TPSA) is 48.1 Å². The molecule has 0 aliphatic carbocycles. The summed E-state index contributed by atoms with van der Waals surface area (Å²) in [4.78, 5) is 4.23. The summed E-state index contributed by atoms with van der Waals surface area (Å²) in [5.41, 5.74) is 7.89. The molecule has 0 bridgehead atoms. The van der Waals surface area contributed by atoms with Crippen LogP contribution in [0.15, 0.2) is 41.0 Å². The Balaban J connectivity index is 2.15. The van der Waals surface area contributed by atoms with Crippen molar-refractivity contribution in [1.29, 1.82) is 0 Å². The largest absolute Gasteiger partial charge is 0.439 e. The van der Waals surface area contributed by atoms with E-state index in [2.05, 4.69) is 20.9 Å². The quantitative estimate of drug-likeness (QED) is 0.933. The number of aromatic nitrogens is 1. The third-order valence-electron chi connectivity index (χ3n) is 2.64. The second-order valence-corrected chi connectivity index (χ2v) is 5.09. The van der Waals surface area contributed by atoms with E-state index < -0.39 is 0 Å². The molecule has 1 heterocycles. The van der Waals surface area contributed by atoms with Crippen LogP contribution in [0.2, 0.25) is 0 Å². The Labute approximate surface area is 115 Å². The lowest BCUT2D eigenvalue weighted by Gasteiger charge is -2.08. The normalized spacial score (nSPS) is 12.2. The van der Waals surface area contributed by atoms with Crippen LogP contribution in [0.5, 0.6) is 11.6 Å². The summed E-state index contributed by atoms with van der Waals surface area (Å²) < 4.78 is 6.74. The maximum Gasteiger partial charge on any atom is 0.219 e. The van der Waals surface area contributed by atoms with Crippen LogP contribution in [0.25, 0.3) is 0 Å². The lowest BCUT2D eigenvalue weighted by atomic mass is 10.2. The molecule has 4 heteroatoms. The Morgan fingerprint density at radius 3 is 2.61 bits per heavy atom. The van der Waals surface area contributed by atoms with Gasteiger partial charge in [0.2, 0.25) is 5.88 Å². The molecule has 1 aromatic carbocycles. The van der Waals surface area contributed by atoms with Gasteiger partial charge in [0.25, 0.3) is 0 Å². The number of nitrogens with zero attached hydrogens (tertiary/aromatic N) is 1. The molecule has 18 heavy (non-hydrogen) atoms. The molecular formula is C14H15BrN2O. The van der Waals surface area contributed by atoms with Crippen molar-refractivity contribution in [2.24, 2.45) is 5.73 Å². The van der Waals surface area contributed by atoms with Gasteiger partial charge >= 0.3 is 0 Å². The summed E-state index contributed by atoms with van der Waals surface area (Å²) in [6.07, 6.45) is 1.74. The summed E-state index contributed by atoms with van der Waals surface area (Å²) in [5.74, 6) is 1.35. The number of pyridine rings is 1. The van der Waals surface area contributed by atoms with Gasteiger partial charge in [-0.25, -0.2) is 4.98 Å². The van der Waals surface area contributed by atoms with E-state index in [0.717, 1.165) is 21.3 Å². The molecule has 0 aliphatic heterocycles. The Morgan fingerprint density at radius 1 is 1.28 bits per heavy atom. The van der Waals surface area contributed by atoms with Gasteiger partial charge in [-0.15, -0.1) is 0 Å². The molecular weight excluding hydrogens is 292 g/mol. The zero-order chi connectivity index (χ0) is 13.1. The fraction of sp³-hybridized carbons (Fsp3) is 0.214. The zero-order valence-electron chi connectivity index (χ0n) is 10.4. The molecule has 0 saturated carbocycles. The lowest BCUT2D eigenvalue weighted by Crippen LogP contribution is -2.05. The highest BCUT2D eigenvalue weighted by molar-refractivity contribution is 9.10. The van der Waals surface area contributed by atoms with E-state index in [4.69, 9.17) is 10.5 Å². The summed E-state index contributed by atoms with van der Waals surface area (Å²) in [6.45, 7) is 3.94. The van der Waals surface area contributed by atoms with Crippen LogP contribution in [0, 0.1) is 6.92 Å². The Hall–Kier alpha value is -1.39. The van der Waals surface area contributed by atoms with E-state index in [9.17, 15) is 0 Å². The number of nitrogens with two attached hydrogens (primary N) is 1. The van der Waals surface area contributed by atoms with Crippen LogP contribution < -0.4 is 10.5 Å². The number of benzene rings is 1. The maximum atomic E-state index is 5.77. The van der Waals surface area contributed by atoms with Crippen LogP contribution >= 0.6 is 15.9 Å². The van der Waals surface area contributed by atoms with Gasteiger partial charge in [0.05, 0.1) is 0 Å². The molecule has 2 N–H and O–H groups in total. The highest BCUT2D eigenvalue weighted by atomic mass is 79.9. The van der Waals surface area contributed by atoms with Gasteiger partial charge < -0.3 is 10.5 Å². The molecule has 2 aromatic rings. The fourth-order valence-corrected chi connectivity index (χ4v) is 1.77. The molecule has 3 nitrogen and oxygen atoms in total. The minimum atomic E-state index is -0.0125. The second-order valence-electron chi connectivity index (χ2n) is 4.23. The van der Waals surface area contributed by atoms with Crippen molar-refractivity contribution in [3.05, 3.63) is 52.1 Å². The first-order valence-electron chi connectivity index (χ1n) is 5.72. The van der Waals surface area contributed by atoms with E-state index >= 15 is 0 Å². The minimum absolute atomic E-state index is 0.0125. The molecule has 0 fully saturated rings. The van der Waals surface area contributed by atoms with Crippen molar-refractivity contribution < 1.29 is 4.74 Å². The third kappa shape index (κ3) is 3.09. The monoisotopic (exact) mass is 306 g/mol. The Bertz CT molecular complexity index is 538. The summed E-state index contributed by atoms with van der Waals surface area (Å²) >= 11 is 3.46. The van der Waals surface area contributed by atoms with E-state index in [1.807, 2.05) is 44.2 Å². The lowest BCUT2D eigenvalue weighted by molar-refractivity contribution is 0.462. The first-order chi connectivity index (χ1) is 8.56. The molecule has 0 radical (unpaired) electrons. The number of hydrogen-bond acceptors (Lipinski definition) is 3. The average molecular weight is 307 g/mol.